The first-order valence-electron chi connectivity index (χ1n) is 9.53. The van der Waals surface area contributed by atoms with Crippen LogP contribution in [0.1, 0.15) is 34.6 Å². The monoisotopic (exact) mass is 441 g/mol. The second-order valence-electron chi connectivity index (χ2n) is 6.25. The van der Waals surface area contributed by atoms with Gasteiger partial charge in [0.2, 0.25) is 0 Å². The van der Waals surface area contributed by atoms with Gasteiger partial charge in [-0.05, 0) is 24.3 Å². The van der Waals surface area contributed by atoms with Crippen LogP contribution in [0.3, 0.4) is 0 Å². The summed E-state index contributed by atoms with van der Waals surface area (Å²) in [4.78, 5) is 45.5. The van der Waals surface area contributed by atoms with Crippen LogP contribution < -0.4 is 16.0 Å². The summed E-state index contributed by atoms with van der Waals surface area (Å²) in [5, 5.41) is 44.4. The van der Waals surface area contributed by atoms with Crippen molar-refractivity contribution in [2.24, 2.45) is 0 Å². The number of ether oxygens (including phenoxy) is 1. The molecule has 0 radical (unpaired) electrons. The number of carbonyl (C=O) groups excluding carboxylic acids is 2. The minimum Gasteiger partial charge on any atom is -0.480 e. The first-order valence-corrected chi connectivity index (χ1v) is 9.53. The van der Waals surface area contributed by atoms with Gasteiger partial charge in [-0.2, -0.15) is 0 Å². The number of nitrogens with one attached hydrogen (secondary N) is 3. The molecule has 1 aromatic carbocycles. The summed E-state index contributed by atoms with van der Waals surface area (Å²) in [5.74, 6) is -3.05. The van der Waals surface area contributed by atoms with E-state index in [0.717, 1.165) is 0 Å². The van der Waals surface area contributed by atoms with Crippen LogP contribution in [0.2, 0.25) is 0 Å². The van der Waals surface area contributed by atoms with Gasteiger partial charge in [-0.1, -0.05) is 13.8 Å². The van der Waals surface area contributed by atoms with Crippen LogP contribution >= 0.6 is 0 Å². The molecule has 3 amide bonds. The van der Waals surface area contributed by atoms with Gasteiger partial charge in [0.15, 0.2) is 0 Å². The quantitative estimate of drug-likeness (QED) is 0.278. The Balaban J connectivity index is 0.00000233. The highest BCUT2D eigenvalue weighted by molar-refractivity contribution is 5.96. The van der Waals surface area contributed by atoms with Crippen LogP contribution in [-0.4, -0.2) is 88.4 Å². The highest BCUT2D eigenvalue weighted by Crippen LogP contribution is 2.17. The molecule has 3 unspecified atom stereocenters. The summed E-state index contributed by atoms with van der Waals surface area (Å²) >= 11 is 0. The normalized spacial score (nSPS) is 22.3. The topological polar surface area (TPSA) is 195 Å². The number of benzene rings is 1. The molecule has 1 aliphatic heterocycles. The molecule has 1 aliphatic rings. The third-order valence-corrected chi connectivity index (χ3v) is 4.26. The Hall–Kier alpha value is -3.22. The molecular formula is C19H27N3O9. The van der Waals surface area contributed by atoms with E-state index in [2.05, 4.69) is 16.0 Å². The molecule has 1 aromatic rings. The molecule has 12 nitrogen and oxygen atoms in total. The number of aliphatic hydroxyl groups is 2. The Morgan fingerprint density at radius 2 is 1.61 bits per heavy atom. The number of carboxylic acid groups (broad SMARTS) is 2. The predicted molar refractivity (Wildman–Crippen MR) is 107 cm³/mol. The number of hydrogen-bond donors (Lipinski definition) is 7. The summed E-state index contributed by atoms with van der Waals surface area (Å²) in [6, 6.07) is 2.14. The van der Waals surface area contributed by atoms with Crippen LogP contribution in [0.5, 0.6) is 0 Å². The first-order chi connectivity index (χ1) is 14.7. The van der Waals surface area contributed by atoms with E-state index in [1.54, 1.807) is 0 Å². The molecule has 0 saturated carbocycles. The van der Waals surface area contributed by atoms with E-state index in [1.807, 2.05) is 13.8 Å². The lowest BCUT2D eigenvalue weighted by molar-refractivity contribution is -0.135. The number of aliphatic carboxylic acids is 1. The highest BCUT2D eigenvalue weighted by atomic mass is 16.5. The average Bonchev–Trinajstić information content (AvgIpc) is 2.76. The Morgan fingerprint density at radius 3 is 2.13 bits per heavy atom. The number of carboxylic acids is 2. The van der Waals surface area contributed by atoms with Gasteiger partial charge >= 0.3 is 18.0 Å². The lowest BCUT2D eigenvalue weighted by Crippen LogP contribution is -2.66. The van der Waals surface area contributed by atoms with Crippen molar-refractivity contribution in [1.82, 2.24) is 16.0 Å². The van der Waals surface area contributed by atoms with E-state index in [1.165, 1.54) is 24.3 Å². The fraction of sp³-hybridized carbons (Fsp3) is 0.474. The molecule has 31 heavy (non-hydrogen) atoms. The van der Waals surface area contributed by atoms with Gasteiger partial charge in [-0.25, -0.2) is 9.59 Å². The third kappa shape index (κ3) is 7.51. The fourth-order valence-corrected chi connectivity index (χ4v) is 2.75. The molecule has 0 bridgehead atoms. The van der Waals surface area contributed by atoms with Crippen molar-refractivity contribution in [2.75, 3.05) is 19.8 Å². The first kappa shape index (κ1) is 25.8. The molecule has 1 fully saturated rings. The summed E-state index contributed by atoms with van der Waals surface area (Å²) in [6.45, 7) is 2.69. The standard InChI is InChI=1S/C17H21N3O9.C2H6/c21-6-11-13(20-15(25)8-1-3-9(4-2-8)16(26)27)14(24)10(7-29-11)19-17(28)18-5-12(22)23;1-2/h1-4,10-11,13-14,21,24H,5-7H2,(H,20,25)(H,22,23)(H,26,27)(H2,18,19,28);1-2H3/t10-,11?,13?,14?;/m1./s1. The van der Waals surface area contributed by atoms with Crippen molar-refractivity contribution in [1.29, 1.82) is 0 Å². The second-order valence-corrected chi connectivity index (χ2v) is 6.25. The van der Waals surface area contributed by atoms with Gasteiger partial charge in [0, 0.05) is 5.56 Å². The van der Waals surface area contributed by atoms with Gasteiger partial charge in [-0.15, -0.1) is 0 Å². The van der Waals surface area contributed by atoms with Crippen molar-refractivity contribution < 1.29 is 44.3 Å². The largest absolute Gasteiger partial charge is 0.480 e. The SMILES string of the molecule is CC.O=C(O)CNC(=O)N[C@@H]1COC(CO)C(NC(=O)c2ccc(C(=O)O)cc2)C1O. The van der Waals surface area contributed by atoms with Gasteiger partial charge in [-0.3, -0.25) is 9.59 Å². The van der Waals surface area contributed by atoms with E-state index in [-0.39, 0.29) is 17.7 Å². The molecule has 7 N–H and O–H groups in total. The minimum absolute atomic E-state index is 0.00698. The Labute approximate surface area is 178 Å². The van der Waals surface area contributed by atoms with Crippen molar-refractivity contribution in [3.63, 3.8) is 0 Å². The number of urea groups is 1. The lowest BCUT2D eigenvalue weighted by Gasteiger charge is -2.40. The van der Waals surface area contributed by atoms with Crippen molar-refractivity contribution in [3.05, 3.63) is 35.4 Å². The van der Waals surface area contributed by atoms with E-state index >= 15 is 0 Å². The maximum Gasteiger partial charge on any atom is 0.335 e. The molecular weight excluding hydrogens is 414 g/mol. The Kier molecular flexibility index (Phi) is 10.4. The van der Waals surface area contributed by atoms with E-state index in [9.17, 15) is 29.4 Å². The van der Waals surface area contributed by atoms with E-state index < -0.39 is 61.3 Å². The Morgan fingerprint density at radius 1 is 1.03 bits per heavy atom. The number of rotatable bonds is 7. The molecule has 1 saturated heterocycles. The summed E-state index contributed by atoms with van der Waals surface area (Å²) in [6.07, 6.45) is -2.30. The van der Waals surface area contributed by atoms with Crippen LogP contribution in [0.4, 0.5) is 4.79 Å². The number of hydrogen-bond acceptors (Lipinski definition) is 7. The summed E-state index contributed by atoms with van der Waals surface area (Å²) in [5.41, 5.74) is 0.112. The fourth-order valence-electron chi connectivity index (χ4n) is 2.75. The van der Waals surface area contributed by atoms with Crippen LogP contribution in [-0.2, 0) is 9.53 Å². The van der Waals surface area contributed by atoms with Crippen LogP contribution in [0, 0.1) is 0 Å². The summed E-state index contributed by atoms with van der Waals surface area (Å²) < 4.78 is 5.38. The van der Waals surface area contributed by atoms with E-state index in [4.69, 9.17) is 14.9 Å². The maximum atomic E-state index is 12.4. The molecule has 12 heteroatoms. The zero-order valence-corrected chi connectivity index (χ0v) is 17.1. The number of amides is 3. The van der Waals surface area contributed by atoms with Gasteiger partial charge < -0.3 is 41.1 Å². The molecule has 172 valence electrons. The molecule has 1 heterocycles. The molecule has 4 atom stereocenters. The van der Waals surface area contributed by atoms with Crippen LogP contribution in [0.15, 0.2) is 24.3 Å². The molecule has 0 aromatic heterocycles. The van der Waals surface area contributed by atoms with Crippen molar-refractivity contribution in [3.8, 4) is 0 Å². The average molecular weight is 441 g/mol. The molecule has 0 spiro atoms. The van der Waals surface area contributed by atoms with Gasteiger partial charge in [0.05, 0.1) is 37.0 Å². The highest BCUT2D eigenvalue weighted by Gasteiger charge is 2.41. The molecule has 2 rings (SSSR count). The number of aliphatic hydroxyl groups excluding tert-OH is 2. The Bertz CT molecular complexity index is 769. The van der Waals surface area contributed by atoms with E-state index in [0.29, 0.717) is 0 Å². The van der Waals surface area contributed by atoms with Crippen molar-refractivity contribution in [2.45, 2.75) is 38.1 Å². The maximum absolute atomic E-state index is 12.4. The van der Waals surface area contributed by atoms with Gasteiger partial charge in [0.25, 0.3) is 5.91 Å². The number of carbonyl (C=O) groups is 4. The van der Waals surface area contributed by atoms with Crippen LogP contribution in [0.25, 0.3) is 0 Å². The second kappa shape index (κ2) is 12.5. The summed E-state index contributed by atoms with van der Waals surface area (Å²) in [7, 11) is 0. The predicted octanol–water partition coefficient (Wildman–Crippen LogP) is -0.986. The van der Waals surface area contributed by atoms with Gasteiger partial charge in [0.1, 0.15) is 12.6 Å². The van der Waals surface area contributed by atoms with Crippen molar-refractivity contribution >= 4 is 23.9 Å². The zero-order valence-electron chi connectivity index (χ0n) is 17.1. The molecule has 0 aliphatic carbocycles. The minimum atomic E-state index is -1.35. The zero-order chi connectivity index (χ0) is 23.6. The number of aromatic carboxylic acids is 1. The third-order valence-electron chi connectivity index (χ3n) is 4.26. The smallest absolute Gasteiger partial charge is 0.335 e. The lowest BCUT2D eigenvalue weighted by atomic mass is 9.95.